The van der Waals surface area contributed by atoms with Gasteiger partial charge in [-0.15, -0.1) is 0 Å². The van der Waals surface area contributed by atoms with E-state index >= 15 is 0 Å². The summed E-state index contributed by atoms with van der Waals surface area (Å²) in [7, 11) is 2.98. The topological polar surface area (TPSA) is 84.9 Å². The number of benzene rings is 4. The van der Waals surface area contributed by atoms with Gasteiger partial charge in [0.1, 0.15) is 17.1 Å². The maximum Gasteiger partial charge on any atom is 0.305 e. The second kappa shape index (κ2) is 11.4. The molecular formula is C31H29NO5. The lowest BCUT2D eigenvalue weighted by atomic mass is 9.97. The van der Waals surface area contributed by atoms with Crippen LogP contribution in [0.2, 0.25) is 0 Å². The third-order valence-corrected chi connectivity index (χ3v) is 6.24. The molecule has 4 aromatic rings. The Labute approximate surface area is 216 Å². The number of carbonyl (C=O) groups excluding carboxylic acids is 1. The molecule has 0 aliphatic carbocycles. The Morgan fingerprint density at radius 1 is 0.784 bits per heavy atom. The maximum atomic E-state index is 13.6. The number of carboxylic acid groups (broad SMARTS) is 1. The van der Waals surface area contributed by atoms with Gasteiger partial charge in [0.05, 0.1) is 26.7 Å². The Balaban J connectivity index is 1.69. The fourth-order valence-electron chi connectivity index (χ4n) is 4.32. The van der Waals surface area contributed by atoms with E-state index < -0.39 is 17.9 Å². The van der Waals surface area contributed by atoms with Crippen LogP contribution in [0.15, 0.2) is 91.0 Å². The number of nitrogens with one attached hydrogen (secondary N) is 1. The fourth-order valence-corrected chi connectivity index (χ4v) is 4.32. The highest BCUT2D eigenvalue weighted by Gasteiger charge is 2.26. The lowest BCUT2D eigenvalue weighted by Crippen LogP contribution is -2.31. The van der Waals surface area contributed by atoms with E-state index in [1.807, 2.05) is 91.9 Å². The Bertz CT molecular complexity index is 1380. The Morgan fingerprint density at radius 2 is 1.41 bits per heavy atom. The molecule has 0 saturated heterocycles. The number of aryl methyl sites for hydroxylation is 1. The number of aliphatic carboxylic acids is 1. The van der Waals surface area contributed by atoms with Gasteiger partial charge in [0, 0.05) is 5.56 Å². The van der Waals surface area contributed by atoms with E-state index in [2.05, 4.69) is 5.32 Å². The van der Waals surface area contributed by atoms with Gasteiger partial charge in [-0.2, -0.15) is 0 Å². The zero-order valence-corrected chi connectivity index (χ0v) is 21.0. The van der Waals surface area contributed by atoms with E-state index in [1.54, 1.807) is 6.07 Å². The molecular weight excluding hydrogens is 466 g/mol. The average Bonchev–Trinajstić information content (AvgIpc) is 2.92. The third kappa shape index (κ3) is 5.81. The van der Waals surface area contributed by atoms with Crippen molar-refractivity contribution in [3.8, 4) is 33.8 Å². The van der Waals surface area contributed by atoms with Gasteiger partial charge in [0.25, 0.3) is 5.91 Å². The van der Waals surface area contributed by atoms with Gasteiger partial charge in [-0.25, -0.2) is 0 Å². The van der Waals surface area contributed by atoms with Crippen molar-refractivity contribution < 1.29 is 24.2 Å². The molecule has 0 fully saturated rings. The fraction of sp³-hybridized carbons (Fsp3) is 0.161. The quantitative estimate of drug-likeness (QED) is 0.285. The summed E-state index contributed by atoms with van der Waals surface area (Å²) in [4.78, 5) is 25.3. The number of ether oxygens (including phenoxy) is 2. The zero-order valence-electron chi connectivity index (χ0n) is 21.0. The number of hydrogen-bond acceptors (Lipinski definition) is 4. The molecule has 1 unspecified atom stereocenters. The van der Waals surface area contributed by atoms with Crippen molar-refractivity contribution in [2.45, 2.75) is 19.4 Å². The molecule has 0 aliphatic heterocycles. The first kappa shape index (κ1) is 25.5. The van der Waals surface area contributed by atoms with Gasteiger partial charge in [0.2, 0.25) is 0 Å². The van der Waals surface area contributed by atoms with Crippen molar-refractivity contribution >= 4 is 11.9 Å². The summed E-state index contributed by atoms with van der Waals surface area (Å²) in [6.07, 6.45) is -0.279. The molecule has 6 heteroatoms. The van der Waals surface area contributed by atoms with Gasteiger partial charge in [-0.3, -0.25) is 9.59 Å². The van der Waals surface area contributed by atoms with Gasteiger partial charge in [-0.05, 0) is 41.3 Å². The van der Waals surface area contributed by atoms with E-state index in [0.29, 0.717) is 17.1 Å². The van der Waals surface area contributed by atoms with Crippen LogP contribution in [0.25, 0.3) is 22.3 Å². The Morgan fingerprint density at radius 3 is 2.00 bits per heavy atom. The highest BCUT2D eigenvalue weighted by Crippen LogP contribution is 2.39. The molecule has 1 amide bonds. The molecule has 0 saturated carbocycles. The highest BCUT2D eigenvalue weighted by molar-refractivity contribution is 6.02. The zero-order chi connectivity index (χ0) is 26.4. The lowest BCUT2D eigenvalue weighted by molar-refractivity contribution is -0.137. The first-order chi connectivity index (χ1) is 17.9. The predicted molar refractivity (Wildman–Crippen MR) is 144 cm³/mol. The molecule has 0 aromatic heterocycles. The van der Waals surface area contributed by atoms with E-state index in [9.17, 15) is 14.7 Å². The van der Waals surface area contributed by atoms with Crippen molar-refractivity contribution in [3.63, 3.8) is 0 Å². The molecule has 2 N–H and O–H groups in total. The minimum atomic E-state index is -1.02. The van der Waals surface area contributed by atoms with Crippen LogP contribution in [-0.4, -0.2) is 31.2 Å². The number of methoxy groups -OCH3 is 2. The van der Waals surface area contributed by atoms with E-state index in [1.165, 1.54) is 14.2 Å². The summed E-state index contributed by atoms with van der Waals surface area (Å²) in [5.74, 6) is -0.821. The third-order valence-electron chi connectivity index (χ3n) is 6.24. The molecule has 4 rings (SSSR count). The molecule has 0 heterocycles. The Kier molecular flexibility index (Phi) is 7.89. The van der Waals surface area contributed by atoms with Crippen LogP contribution in [0.3, 0.4) is 0 Å². The van der Waals surface area contributed by atoms with Crippen molar-refractivity contribution in [1.29, 1.82) is 0 Å². The van der Waals surface area contributed by atoms with Crippen LogP contribution in [-0.2, 0) is 4.79 Å². The second-order valence-electron chi connectivity index (χ2n) is 8.70. The number of hydrogen-bond donors (Lipinski definition) is 2. The summed E-state index contributed by atoms with van der Waals surface area (Å²) in [6.45, 7) is 2.00. The van der Waals surface area contributed by atoms with Crippen molar-refractivity contribution in [2.75, 3.05) is 14.2 Å². The minimum Gasteiger partial charge on any atom is -0.496 e. The van der Waals surface area contributed by atoms with Crippen molar-refractivity contribution in [1.82, 2.24) is 5.32 Å². The van der Waals surface area contributed by atoms with Gasteiger partial charge < -0.3 is 19.9 Å². The first-order valence-electron chi connectivity index (χ1n) is 11.9. The van der Waals surface area contributed by atoms with Crippen LogP contribution in [0, 0.1) is 6.92 Å². The van der Waals surface area contributed by atoms with Crippen LogP contribution >= 0.6 is 0 Å². The largest absolute Gasteiger partial charge is 0.496 e. The number of carboxylic acids is 1. The van der Waals surface area contributed by atoms with Gasteiger partial charge in [-0.1, -0.05) is 84.4 Å². The molecule has 0 radical (unpaired) electrons. The monoisotopic (exact) mass is 495 g/mol. The van der Waals surface area contributed by atoms with Crippen LogP contribution < -0.4 is 14.8 Å². The standard InChI is InChI=1S/C31H29NO5/c1-20-9-11-23(12-10-20)25-17-18-27(36-2)29(30(25)37-3)31(35)32-26(19-28(33)34)24-15-13-22(14-16-24)21-7-5-4-6-8-21/h4-18,26H,19H2,1-3H3,(H,32,35)(H,33,34). The average molecular weight is 496 g/mol. The molecule has 4 aromatic carbocycles. The highest BCUT2D eigenvalue weighted by atomic mass is 16.5. The second-order valence-corrected chi connectivity index (χ2v) is 8.70. The molecule has 0 spiro atoms. The smallest absolute Gasteiger partial charge is 0.305 e. The molecule has 37 heavy (non-hydrogen) atoms. The van der Waals surface area contributed by atoms with E-state index in [-0.39, 0.29) is 12.0 Å². The predicted octanol–water partition coefficient (Wildman–Crippen LogP) is 6.29. The summed E-state index contributed by atoms with van der Waals surface area (Å²) in [6, 6.07) is 28.1. The van der Waals surface area contributed by atoms with Crippen LogP contribution in [0.4, 0.5) is 0 Å². The normalized spacial score (nSPS) is 11.4. The molecule has 0 bridgehead atoms. The summed E-state index contributed by atoms with van der Waals surface area (Å²) in [5.41, 5.74) is 5.67. The number of carbonyl (C=O) groups is 2. The summed E-state index contributed by atoms with van der Waals surface area (Å²) >= 11 is 0. The first-order valence-corrected chi connectivity index (χ1v) is 11.9. The maximum absolute atomic E-state index is 13.6. The Hall–Kier alpha value is -4.58. The molecule has 1 atom stereocenters. The van der Waals surface area contributed by atoms with Crippen molar-refractivity contribution in [3.05, 3.63) is 108 Å². The van der Waals surface area contributed by atoms with Crippen LogP contribution in [0.5, 0.6) is 11.5 Å². The molecule has 6 nitrogen and oxygen atoms in total. The van der Waals surface area contributed by atoms with Gasteiger partial charge in [0.15, 0.2) is 0 Å². The SMILES string of the molecule is COc1ccc(-c2ccc(C)cc2)c(OC)c1C(=O)NC(CC(=O)O)c1ccc(-c2ccccc2)cc1. The molecule has 0 aliphatic rings. The van der Waals surface area contributed by atoms with E-state index in [0.717, 1.165) is 27.8 Å². The lowest BCUT2D eigenvalue weighted by Gasteiger charge is -2.21. The summed E-state index contributed by atoms with van der Waals surface area (Å²) < 4.78 is 11.2. The van der Waals surface area contributed by atoms with Gasteiger partial charge >= 0.3 is 5.97 Å². The molecule has 188 valence electrons. The van der Waals surface area contributed by atoms with Crippen molar-refractivity contribution in [2.24, 2.45) is 0 Å². The number of amides is 1. The summed E-state index contributed by atoms with van der Waals surface area (Å²) in [5, 5.41) is 12.5. The minimum absolute atomic E-state index is 0.208. The van der Waals surface area contributed by atoms with E-state index in [4.69, 9.17) is 9.47 Å². The number of rotatable bonds is 9. The van der Waals surface area contributed by atoms with Crippen LogP contribution in [0.1, 0.15) is 33.9 Å².